The molecule has 0 rings (SSSR count). The molecule has 0 saturated carbocycles. The maximum absolute atomic E-state index is 10.0. The molecule has 15 heavy (non-hydrogen) atoms. The molecule has 0 aromatic heterocycles. The molecule has 0 aliphatic carbocycles. The molecule has 0 bridgehead atoms. The molecule has 0 aliphatic rings. The van der Waals surface area contributed by atoms with Crippen molar-refractivity contribution in [1.29, 1.82) is 0 Å². The summed E-state index contributed by atoms with van der Waals surface area (Å²) < 4.78 is 0. The second-order valence-corrected chi connectivity index (χ2v) is 3.93. The van der Waals surface area contributed by atoms with E-state index in [1.165, 1.54) is 38.5 Å². The Morgan fingerprint density at radius 1 is 0.867 bits per heavy atom. The van der Waals surface area contributed by atoms with Gasteiger partial charge in [0.25, 0.3) is 0 Å². The monoisotopic (exact) mass is 208 g/mol. The molecule has 86 valence electrons. The third-order valence-electron chi connectivity index (χ3n) is 2.40. The van der Waals surface area contributed by atoms with Gasteiger partial charge >= 0.3 is 0 Å². The number of hydrogen-bond acceptors (Lipinski definition) is 1. The van der Waals surface area contributed by atoms with Gasteiger partial charge in [-0.2, -0.15) is 0 Å². The minimum absolute atomic E-state index is 0.733. The van der Waals surface area contributed by atoms with Crippen LogP contribution in [-0.4, -0.2) is 6.29 Å². The summed E-state index contributed by atoms with van der Waals surface area (Å²) in [5.74, 6) is 6.42. The molecule has 1 heteroatoms. The van der Waals surface area contributed by atoms with Gasteiger partial charge in [0, 0.05) is 19.3 Å². The van der Waals surface area contributed by atoms with Gasteiger partial charge in [-0.1, -0.05) is 32.6 Å². The standard InChI is InChI=1S/C14H24O/c1-2-3-4-5-6-7-8-9-10-11-12-13-14-15/h14H,2-4,7-13H2,1H3. The Balaban J connectivity index is 3.02. The van der Waals surface area contributed by atoms with Crippen molar-refractivity contribution < 1.29 is 4.79 Å². The number of rotatable bonds is 9. The summed E-state index contributed by atoms with van der Waals surface area (Å²) in [6.45, 7) is 2.20. The maximum Gasteiger partial charge on any atom is 0.119 e. The first kappa shape index (κ1) is 14.2. The quantitative estimate of drug-likeness (QED) is 0.316. The minimum Gasteiger partial charge on any atom is -0.303 e. The van der Waals surface area contributed by atoms with Gasteiger partial charge in [-0.3, -0.25) is 0 Å². The number of carbonyl (C=O) groups is 1. The molecule has 0 atom stereocenters. The van der Waals surface area contributed by atoms with Crippen LogP contribution in [0.15, 0.2) is 0 Å². The van der Waals surface area contributed by atoms with Crippen molar-refractivity contribution in [1.82, 2.24) is 0 Å². The van der Waals surface area contributed by atoms with Crippen molar-refractivity contribution in [2.24, 2.45) is 0 Å². The Kier molecular flexibility index (Phi) is 12.6. The SMILES string of the molecule is CCCCC#CCCCCCCCC=O. The summed E-state index contributed by atoms with van der Waals surface area (Å²) in [4.78, 5) is 10.0. The van der Waals surface area contributed by atoms with Gasteiger partial charge in [0.05, 0.1) is 0 Å². The highest BCUT2D eigenvalue weighted by molar-refractivity contribution is 5.48. The van der Waals surface area contributed by atoms with Crippen molar-refractivity contribution in [2.45, 2.75) is 71.1 Å². The lowest BCUT2D eigenvalue weighted by molar-refractivity contribution is -0.107. The summed E-state index contributed by atoms with van der Waals surface area (Å²) in [6, 6.07) is 0. The Morgan fingerprint density at radius 2 is 1.47 bits per heavy atom. The molecule has 0 aromatic carbocycles. The lowest BCUT2D eigenvalue weighted by Crippen LogP contribution is -1.80. The van der Waals surface area contributed by atoms with E-state index in [9.17, 15) is 4.79 Å². The fraction of sp³-hybridized carbons (Fsp3) is 0.786. The lowest BCUT2D eigenvalue weighted by atomic mass is 10.1. The highest BCUT2D eigenvalue weighted by Gasteiger charge is 1.89. The van der Waals surface area contributed by atoms with Crippen LogP contribution in [0.3, 0.4) is 0 Å². The van der Waals surface area contributed by atoms with Gasteiger partial charge in [-0.25, -0.2) is 0 Å². The Hall–Kier alpha value is -0.770. The predicted octanol–water partition coefficient (Wildman–Crippen LogP) is 4.11. The van der Waals surface area contributed by atoms with Gasteiger partial charge in [0.2, 0.25) is 0 Å². The van der Waals surface area contributed by atoms with Crippen molar-refractivity contribution in [2.75, 3.05) is 0 Å². The summed E-state index contributed by atoms with van der Waals surface area (Å²) in [5, 5.41) is 0. The first-order chi connectivity index (χ1) is 7.41. The predicted molar refractivity (Wildman–Crippen MR) is 65.7 cm³/mol. The number of carbonyl (C=O) groups excluding carboxylic acids is 1. The highest BCUT2D eigenvalue weighted by atomic mass is 16.1. The Labute approximate surface area is 94.6 Å². The average Bonchev–Trinajstić information content (AvgIpc) is 2.26. The van der Waals surface area contributed by atoms with Gasteiger partial charge in [0.15, 0.2) is 0 Å². The first-order valence-corrected chi connectivity index (χ1v) is 6.31. The molecular weight excluding hydrogens is 184 g/mol. The van der Waals surface area contributed by atoms with E-state index in [1.54, 1.807) is 0 Å². The fourth-order valence-corrected chi connectivity index (χ4v) is 1.41. The van der Waals surface area contributed by atoms with Crippen molar-refractivity contribution in [3.05, 3.63) is 0 Å². The number of hydrogen-bond donors (Lipinski definition) is 0. The van der Waals surface area contributed by atoms with Crippen molar-refractivity contribution in [3.63, 3.8) is 0 Å². The van der Waals surface area contributed by atoms with Crippen LogP contribution in [0.4, 0.5) is 0 Å². The van der Waals surface area contributed by atoms with Crippen LogP contribution in [-0.2, 0) is 4.79 Å². The van der Waals surface area contributed by atoms with E-state index in [0.29, 0.717) is 0 Å². The zero-order valence-corrected chi connectivity index (χ0v) is 10.1. The molecule has 0 heterocycles. The molecular formula is C14H24O. The molecule has 0 aliphatic heterocycles. The van der Waals surface area contributed by atoms with E-state index in [2.05, 4.69) is 18.8 Å². The molecule has 0 unspecified atom stereocenters. The third kappa shape index (κ3) is 13.2. The molecule has 0 N–H and O–H groups in total. The fourth-order valence-electron chi connectivity index (χ4n) is 1.41. The smallest absolute Gasteiger partial charge is 0.119 e. The van der Waals surface area contributed by atoms with E-state index >= 15 is 0 Å². The molecule has 0 amide bonds. The zero-order chi connectivity index (χ0) is 11.2. The van der Waals surface area contributed by atoms with Crippen LogP contribution in [0, 0.1) is 11.8 Å². The van der Waals surface area contributed by atoms with Crippen LogP contribution in [0.2, 0.25) is 0 Å². The van der Waals surface area contributed by atoms with E-state index in [1.807, 2.05) is 0 Å². The molecule has 0 fully saturated rings. The van der Waals surface area contributed by atoms with Gasteiger partial charge < -0.3 is 4.79 Å². The highest BCUT2D eigenvalue weighted by Crippen LogP contribution is 2.05. The summed E-state index contributed by atoms with van der Waals surface area (Å²) in [7, 11) is 0. The van der Waals surface area contributed by atoms with Crippen LogP contribution in [0.5, 0.6) is 0 Å². The largest absolute Gasteiger partial charge is 0.303 e. The molecule has 0 aromatic rings. The summed E-state index contributed by atoms with van der Waals surface area (Å²) in [5.41, 5.74) is 0. The second kappa shape index (κ2) is 13.2. The van der Waals surface area contributed by atoms with E-state index in [-0.39, 0.29) is 0 Å². The van der Waals surface area contributed by atoms with E-state index < -0.39 is 0 Å². The van der Waals surface area contributed by atoms with E-state index in [4.69, 9.17) is 0 Å². The Morgan fingerprint density at radius 3 is 2.13 bits per heavy atom. The summed E-state index contributed by atoms with van der Waals surface area (Å²) >= 11 is 0. The minimum atomic E-state index is 0.733. The zero-order valence-electron chi connectivity index (χ0n) is 10.1. The summed E-state index contributed by atoms with van der Waals surface area (Å²) in [6.07, 6.45) is 12.3. The average molecular weight is 208 g/mol. The number of aldehydes is 1. The van der Waals surface area contributed by atoms with Crippen LogP contribution in [0.25, 0.3) is 0 Å². The normalized spacial score (nSPS) is 9.40. The third-order valence-corrected chi connectivity index (χ3v) is 2.40. The van der Waals surface area contributed by atoms with Gasteiger partial charge in [-0.15, -0.1) is 11.8 Å². The maximum atomic E-state index is 10.0. The number of unbranched alkanes of at least 4 members (excludes halogenated alkanes) is 8. The second-order valence-electron chi connectivity index (χ2n) is 3.93. The molecule has 0 saturated heterocycles. The Bertz CT molecular complexity index is 185. The van der Waals surface area contributed by atoms with E-state index in [0.717, 1.165) is 32.0 Å². The molecule has 0 spiro atoms. The van der Waals surface area contributed by atoms with Crippen LogP contribution >= 0.6 is 0 Å². The van der Waals surface area contributed by atoms with Crippen LogP contribution < -0.4 is 0 Å². The van der Waals surface area contributed by atoms with Crippen LogP contribution in [0.1, 0.15) is 71.1 Å². The molecule has 0 radical (unpaired) electrons. The van der Waals surface area contributed by atoms with Crippen molar-refractivity contribution in [3.8, 4) is 11.8 Å². The lowest BCUT2D eigenvalue weighted by Gasteiger charge is -1.96. The van der Waals surface area contributed by atoms with Crippen molar-refractivity contribution >= 4 is 6.29 Å². The topological polar surface area (TPSA) is 17.1 Å². The first-order valence-electron chi connectivity index (χ1n) is 6.31. The van der Waals surface area contributed by atoms with Gasteiger partial charge in [0.1, 0.15) is 6.29 Å². The molecule has 1 nitrogen and oxygen atoms in total. The van der Waals surface area contributed by atoms with Gasteiger partial charge in [-0.05, 0) is 19.3 Å².